The van der Waals surface area contributed by atoms with Gasteiger partial charge in [-0.1, -0.05) is 0 Å². The van der Waals surface area contributed by atoms with E-state index in [1.165, 1.54) is 11.0 Å². The molecule has 1 atom stereocenters. The molecular weight excluding hydrogens is 267 g/mol. The van der Waals surface area contributed by atoms with Gasteiger partial charge >= 0.3 is 5.97 Å². The second kappa shape index (κ2) is 4.90. The zero-order chi connectivity index (χ0) is 14.3. The Morgan fingerprint density at radius 2 is 2.20 bits per heavy atom. The van der Waals surface area contributed by atoms with Crippen LogP contribution in [0.1, 0.15) is 33.0 Å². The maximum absolute atomic E-state index is 13.2. The van der Waals surface area contributed by atoms with Gasteiger partial charge in [-0.25, -0.2) is 9.18 Å². The van der Waals surface area contributed by atoms with Crippen molar-refractivity contribution in [1.29, 1.82) is 0 Å². The Bertz CT molecular complexity index is 569. The molecule has 3 rings (SSSR count). The Kier molecular flexibility index (Phi) is 3.21. The number of likely N-dealkylation sites (tertiary alicyclic amines) is 1. The highest BCUT2D eigenvalue weighted by Crippen LogP contribution is 2.24. The minimum Gasteiger partial charge on any atom is -0.478 e. The number of ether oxygens (including phenoxy) is 1. The molecular formula is C13H15FN2O4. The van der Waals surface area contributed by atoms with E-state index in [-0.39, 0.29) is 24.6 Å². The molecule has 108 valence electrons. The van der Waals surface area contributed by atoms with Crippen LogP contribution >= 0.6 is 0 Å². The third-order valence-electron chi connectivity index (χ3n) is 3.77. The van der Waals surface area contributed by atoms with E-state index in [1.807, 2.05) is 0 Å². The lowest BCUT2D eigenvalue weighted by molar-refractivity contribution is 0.0647. The van der Waals surface area contributed by atoms with E-state index in [9.17, 15) is 19.1 Å². The first kappa shape index (κ1) is 13.1. The van der Waals surface area contributed by atoms with Crippen LogP contribution in [0.5, 0.6) is 0 Å². The summed E-state index contributed by atoms with van der Waals surface area (Å²) < 4.78 is 20.1. The maximum atomic E-state index is 13.2. The molecule has 20 heavy (non-hydrogen) atoms. The molecule has 0 saturated carbocycles. The van der Waals surface area contributed by atoms with E-state index in [4.69, 9.17) is 4.74 Å². The van der Waals surface area contributed by atoms with Gasteiger partial charge in [-0.15, -0.1) is 0 Å². The standard InChI is InChI=1S/C13H15FN2O4/c14-8-1-2-15(6-8)12(17)10-5-9(13(18)19)11-7-20-4-3-16(10)11/h5,8H,1-4,6-7H2,(H,18,19). The van der Waals surface area contributed by atoms with Crippen LogP contribution < -0.4 is 0 Å². The molecule has 0 spiro atoms. The van der Waals surface area contributed by atoms with Crippen LogP contribution in [0.25, 0.3) is 0 Å². The van der Waals surface area contributed by atoms with E-state index >= 15 is 0 Å². The summed E-state index contributed by atoms with van der Waals surface area (Å²) in [5, 5.41) is 9.19. The van der Waals surface area contributed by atoms with Gasteiger partial charge in [-0.05, 0) is 12.5 Å². The normalized spacial score (nSPS) is 21.9. The number of rotatable bonds is 2. The Morgan fingerprint density at radius 3 is 2.85 bits per heavy atom. The number of fused-ring (bicyclic) bond motifs is 1. The fourth-order valence-electron chi connectivity index (χ4n) is 2.75. The molecule has 7 heteroatoms. The predicted molar refractivity (Wildman–Crippen MR) is 66.5 cm³/mol. The number of carbonyl (C=O) groups is 2. The van der Waals surface area contributed by atoms with Gasteiger partial charge in [0, 0.05) is 13.1 Å². The van der Waals surface area contributed by atoms with Crippen molar-refractivity contribution in [2.24, 2.45) is 0 Å². The van der Waals surface area contributed by atoms with Gasteiger partial charge < -0.3 is 19.3 Å². The van der Waals surface area contributed by atoms with Crippen molar-refractivity contribution in [1.82, 2.24) is 9.47 Å². The van der Waals surface area contributed by atoms with Crippen molar-refractivity contribution in [3.8, 4) is 0 Å². The molecule has 0 aromatic carbocycles. The Hall–Kier alpha value is -1.89. The summed E-state index contributed by atoms with van der Waals surface area (Å²) >= 11 is 0. The quantitative estimate of drug-likeness (QED) is 0.875. The summed E-state index contributed by atoms with van der Waals surface area (Å²) in [4.78, 5) is 25.1. The summed E-state index contributed by atoms with van der Waals surface area (Å²) in [7, 11) is 0. The Morgan fingerprint density at radius 1 is 1.40 bits per heavy atom. The topological polar surface area (TPSA) is 71.8 Å². The SMILES string of the molecule is O=C(O)c1cc(C(=O)N2CCC(F)C2)n2c1COCC2. The number of carbonyl (C=O) groups excluding carboxylic acids is 1. The lowest BCUT2D eigenvalue weighted by atomic mass is 10.2. The fraction of sp³-hybridized carbons (Fsp3) is 0.538. The van der Waals surface area contributed by atoms with Crippen LogP contribution in [0, 0.1) is 0 Å². The van der Waals surface area contributed by atoms with Crippen molar-refractivity contribution in [3.63, 3.8) is 0 Å². The molecule has 1 amide bonds. The molecule has 1 aromatic heterocycles. The molecule has 1 unspecified atom stereocenters. The molecule has 1 aromatic rings. The average Bonchev–Trinajstić information content (AvgIpc) is 3.02. The molecule has 1 fully saturated rings. The summed E-state index contributed by atoms with van der Waals surface area (Å²) in [6, 6.07) is 1.38. The third kappa shape index (κ3) is 2.07. The van der Waals surface area contributed by atoms with Crippen LogP contribution in [0.4, 0.5) is 4.39 Å². The lowest BCUT2D eigenvalue weighted by Crippen LogP contribution is -2.32. The van der Waals surface area contributed by atoms with Gasteiger partial charge in [0.05, 0.1) is 31.0 Å². The molecule has 2 aliphatic heterocycles. The number of nitrogens with zero attached hydrogens (tertiary/aromatic N) is 2. The number of aromatic nitrogens is 1. The second-order valence-corrected chi connectivity index (χ2v) is 5.04. The van der Waals surface area contributed by atoms with Crippen LogP contribution in [-0.4, -0.2) is 52.3 Å². The summed E-state index contributed by atoms with van der Waals surface area (Å²) in [6.07, 6.45) is -0.647. The number of aromatic carboxylic acids is 1. The number of amides is 1. The van der Waals surface area contributed by atoms with E-state index < -0.39 is 12.1 Å². The van der Waals surface area contributed by atoms with Gasteiger partial charge in [0.1, 0.15) is 11.9 Å². The van der Waals surface area contributed by atoms with Crippen LogP contribution in [0.15, 0.2) is 6.07 Å². The van der Waals surface area contributed by atoms with Crippen molar-refractivity contribution >= 4 is 11.9 Å². The first-order valence-corrected chi connectivity index (χ1v) is 6.54. The Labute approximate surface area is 114 Å². The van der Waals surface area contributed by atoms with Crippen molar-refractivity contribution < 1.29 is 23.8 Å². The number of carboxylic acids is 1. The summed E-state index contributed by atoms with van der Waals surface area (Å²) in [6.45, 7) is 1.52. The van der Waals surface area contributed by atoms with E-state index in [2.05, 4.69) is 0 Å². The number of hydrogen-bond donors (Lipinski definition) is 1. The van der Waals surface area contributed by atoms with Crippen LogP contribution in [0.3, 0.4) is 0 Å². The van der Waals surface area contributed by atoms with Crippen molar-refractivity contribution in [3.05, 3.63) is 23.0 Å². The highest BCUT2D eigenvalue weighted by molar-refractivity contribution is 5.98. The fourth-order valence-corrected chi connectivity index (χ4v) is 2.75. The first-order valence-electron chi connectivity index (χ1n) is 6.54. The third-order valence-corrected chi connectivity index (χ3v) is 3.77. The average molecular weight is 282 g/mol. The zero-order valence-electron chi connectivity index (χ0n) is 10.8. The van der Waals surface area contributed by atoms with Crippen molar-refractivity contribution in [2.75, 3.05) is 19.7 Å². The van der Waals surface area contributed by atoms with Gasteiger partial charge in [-0.3, -0.25) is 4.79 Å². The number of carboxylic acid groups (broad SMARTS) is 1. The van der Waals surface area contributed by atoms with Gasteiger partial charge in [0.25, 0.3) is 5.91 Å². The number of halogens is 1. The maximum Gasteiger partial charge on any atom is 0.337 e. The summed E-state index contributed by atoms with van der Waals surface area (Å²) in [5.41, 5.74) is 0.905. The highest BCUT2D eigenvalue weighted by Gasteiger charge is 2.31. The van der Waals surface area contributed by atoms with Gasteiger partial charge in [0.15, 0.2) is 0 Å². The van der Waals surface area contributed by atoms with Crippen molar-refractivity contribution in [2.45, 2.75) is 25.7 Å². The Balaban J connectivity index is 1.97. The monoisotopic (exact) mass is 282 g/mol. The van der Waals surface area contributed by atoms with E-state index in [0.29, 0.717) is 37.5 Å². The molecule has 1 N–H and O–H groups in total. The number of hydrogen-bond acceptors (Lipinski definition) is 3. The van der Waals surface area contributed by atoms with E-state index in [0.717, 1.165) is 0 Å². The van der Waals surface area contributed by atoms with Gasteiger partial charge in [-0.2, -0.15) is 0 Å². The molecule has 0 aliphatic carbocycles. The lowest BCUT2D eigenvalue weighted by Gasteiger charge is -2.21. The zero-order valence-corrected chi connectivity index (χ0v) is 10.8. The molecule has 3 heterocycles. The summed E-state index contributed by atoms with van der Waals surface area (Å²) in [5.74, 6) is -1.39. The molecule has 2 aliphatic rings. The van der Waals surface area contributed by atoms with Crippen LogP contribution in [0.2, 0.25) is 0 Å². The second-order valence-electron chi connectivity index (χ2n) is 5.04. The van der Waals surface area contributed by atoms with Gasteiger partial charge in [0.2, 0.25) is 0 Å². The smallest absolute Gasteiger partial charge is 0.337 e. The molecule has 6 nitrogen and oxygen atoms in total. The van der Waals surface area contributed by atoms with Crippen LogP contribution in [-0.2, 0) is 17.9 Å². The first-order chi connectivity index (χ1) is 9.58. The minimum absolute atomic E-state index is 0.0816. The minimum atomic E-state index is -1.08. The predicted octanol–water partition coefficient (Wildman–Crippen LogP) is 0.901. The highest BCUT2D eigenvalue weighted by atomic mass is 19.1. The van der Waals surface area contributed by atoms with E-state index in [1.54, 1.807) is 4.57 Å². The number of alkyl halides is 1. The molecule has 1 saturated heterocycles. The largest absolute Gasteiger partial charge is 0.478 e. The molecule has 0 bridgehead atoms. The molecule has 0 radical (unpaired) electrons.